The number of hydrogen-bond acceptors (Lipinski definition) is 3. The van der Waals surface area contributed by atoms with Gasteiger partial charge in [0.15, 0.2) is 6.29 Å². The number of hydrogen-bond donors (Lipinski definition) is 0. The van der Waals surface area contributed by atoms with Crippen LogP contribution >= 0.6 is 0 Å². The van der Waals surface area contributed by atoms with Gasteiger partial charge in [0, 0.05) is 6.21 Å². The van der Waals surface area contributed by atoms with E-state index in [-0.39, 0.29) is 5.92 Å². The third-order valence-electron chi connectivity index (χ3n) is 6.14. The molecule has 3 aromatic rings. The van der Waals surface area contributed by atoms with Crippen LogP contribution in [0, 0.1) is 5.92 Å². The molecule has 2 atom stereocenters. The van der Waals surface area contributed by atoms with Gasteiger partial charge in [-0.1, -0.05) is 55.1 Å². The van der Waals surface area contributed by atoms with Crippen LogP contribution in [-0.4, -0.2) is 18.2 Å². The number of fused-ring (bicyclic) bond motifs is 5. The first kappa shape index (κ1) is 16.9. The van der Waals surface area contributed by atoms with E-state index < -0.39 is 5.72 Å². The Morgan fingerprint density at radius 3 is 2.79 bits per heavy atom. The number of allylic oxidation sites excluding steroid dienone is 1. The van der Waals surface area contributed by atoms with E-state index in [9.17, 15) is 4.79 Å². The fourth-order valence-corrected chi connectivity index (χ4v) is 4.59. The summed E-state index contributed by atoms with van der Waals surface area (Å²) in [4.78, 5) is 16.1. The number of carbonyl (C=O) groups is 1. The lowest BCUT2D eigenvalue weighted by atomic mass is 9.76. The molecule has 0 saturated carbocycles. The van der Waals surface area contributed by atoms with Crippen molar-refractivity contribution in [3.63, 3.8) is 0 Å². The highest BCUT2D eigenvalue weighted by Gasteiger charge is 2.39. The van der Waals surface area contributed by atoms with E-state index in [1.54, 1.807) is 12.3 Å². The summed E-state index contributed by atoms with van der Waals surface area (Å²) in [6, 6.07) is 17.4. The van der Waals surface area contributed by atoms with Gasteiger partial charge < -0.3 is 4.74 Å². The molecule has 3 nitrogen and oxygen atoms in total. The number of rotatable bonds is 3. The molecule has 0 N–H and O–H groups in total. The zero-order chi connectivity index (χ0) is 19.1. The van der Waals surface area contributed by atoms with Gasteiger partial charge in [0.1, 0.15) is 0 Å². The molecule has 1 heterocycles. The van der Waals surface area contributed by atoms with E-state index in [0.29, 0.717) is 0 Å². The summed E-state index contributed by atoms with van der Waals surface area (Å²) in [7, 11) is 0. The van der Waals surface area contributed by atoms with Crippen molar-refractivity contribution in [3.05, 3.63) is 84.1 Å². The van der Waals surface area contributed by atoms with E-state index in [1.807, 2.05) is 0 Å². The highest BCUT2D eigenvalue weighted by atomic mass is 16.5. The molecule has 0 fully saturated rings. The zero-order valence-corrected chi connectivity index (χ0v) is 15.6. The molecule has 1 aliphatic carbocycles. The average Bonchev–Trinajstić information content (AvgIpc) is 2.78. The molecule has 1 aliphatic heterocycles. The van der Waals surface area contributed by atoms with E-state index >= 15 is 0 Å². The van der Waals surface area contributed by atoms with Crippen LogP contribution in [0.25, 0.3) is 21.5 Å². The SMILES string of the molecule is C=C(C1CCc2ccc3c(ccc4ccccc43)c2C1)C1(C=O)N=CC=CO1. The van der Waals surface area contributed by atoms with Crippen molar-refractivity contribution in [2.45, 2.75) is 25.0 Å². The van der Waals surface area contributed by atoms with E-state index in [0.717, 1.165) is 31.1 Å². The second-order valence-corrected chi connectivity index (χ2v) is 7.59. The van der Waals surface area contributed by atoms with Gasteiger partial charge in [-0.25, -0.2) is 4.99 Å². The Morgan fingerprint density at radius 2 is 1.96 bits per heavy atom. The Labute approximate surface area is 164 Å². The maximum Gasteiger partial charge on any atom is 0.277 e. The molecule has 5 rings (SSSR count). The summed E-state index contributed by atoms with van der Waals surface area (Å²) in [6.45, 7) is 4.24. The molecular weight excluding hydrogens is 346 g/mol. The topological polar surface area (TPSA) is 38.7 Å². The lowest BCUT2D eigenvalue weighted by Crippen LogP contribution is -2.38. The second-order valence-electron chi connectivity index (χ2n) is 7.59. The van der Waals surface area contributed by atoms with Crippen LogP contribution in [0.1, 0.15) is 17.5 Å². The van der Waals surface area contributed by atoms with Crippen LogP contribution in [0.15, 0.2) is 78.0 Å². The first-order valence-corrected chi connectivity index (χ1v) is 9.68. The minimum atomic E-state index is -1.28. The van der Waals surface area contributed by atoms with Crippen molar-refractivity contribution in [2.75, 3.05) is 0 Å². The van der Waals surface area contributed by atoms with E-state index in [4.69, 9.17) is 4.74 Å². The maximum atomic E-state index is 11.8. The summed E-state index contributed by atoms with van der Waals surface area (Å²) >= 11 is 0. The van der Waals surface area contributed by atoms with Gasteiger partial charge in [0.05, 0.1) is 6.26 Å². The smallest absolute Gasteiger partial charge is 0.277 e. The van der Waals surface area contributed by atoms with Crippen LogP contribution in [-0.2, 0) is 22.4 Å². The van der Waals surface area contributed by atoms with Crippen LogP contribution in [0.5, 0.6) is 0 Å². The third kappa shape index (κ3) is 2.50. The number of aliphatic imine (C=N–C) groups is 1. The first-order chi connectivity index (χ1) is 13.7. The first-order valence-electron chi connectivity index (χ1n) is 9.68. The quantitative estimate of drug-likeness (QED) is 0.364. The summed E-state index contributed by atoms with van der Waals surface area (Å²) in [5.74, 6) is 0.151. The van der Waals surface area contributed by atoms with Gasteiger partial charge in [-0.15, -0.1) is 0 Å². The van der Waals surface area contributed by atoms with Crippen LogP contribution in [0.2, 0.25) is 0 Å². The molecule has 0 radical (unpaired) electrons. The van der Waals surface area contributed by atoms with Crippen molar-refractivity contribution in [3.8, 4) is 0 Å². The van der Waals surface area contributed by atoms with Gasteiger partial charge >= 0.3 is 0 Å². The number of aldehydes is 1. The number of ether oxygens (including phenoxy) is 1. The standard InChI is InChI=1S/C25H21NO2/c1-17(25(16-27)26-13-4-14-28-25)20-8-7-19-10-11-22-21-6-3-2-5-18(21)9-12-23(22)24(19)15-20/h2-6,9-14,16,20H,1,7-8,15H2. The Balaban J connectivity index is 1.58. The maximum absolute atomic E-state index is 11.8. The zero-order valence-electron chi connectivity index (χ0n) is 15.6. The largest absolute Gasteiger partial charge is 0.463 e. The molecule has 0 bridgehead atoms. The molecule has 0 saturated heterocycles. The fraction of sp³-hybridized carbons (Fsp3) is 0.200. The molecular formula is C25H21NO2. The minimum absolute atomic E-state index is 0.151. The predicted octanol–water partition coefficient (Wildman–Crippen LogP) is 5.16. The number of carbonyl (C=O) groups excluding carboxylic acids is 1. The monoisotopic (exact) mass is 367 g/mol. The van der Waals surface area contributed by atoms with Crippen molar-refractivity contribution in [1.29, 1.82) is 0 Å². The average molecular weight is 367 g/mol. The Hall–Kier alpha value is -3.20. The lowest BCUT2D eigenvalue weighted by Gasteiger charge is -2.34. The Kier molecular flexibility index (Phi) is 3.90. The third-order valence-corrected chi connectivity index (χ3v) is 6.14. The van der Waals surface area contributed by atoms with Gasteiger partial charge in [0.2, 0.25) is 0 Å². The molecule has 3 aromatic carbocycles. The van der Waals surface area contributed by atoms with Crippen LogP contribution in [0.4, 0.5) is 0 Å². The lowest BCUT2D eigenvalue weighted by molar-refractivity contribution is -0.121. The summed E-state index contributed by atoms with van der Waals surface area (Å²) in [6.07, 6.45) is 8.35. The van der Waals surface area contributed by atoms with Crippen molar-refractivity contribution in [1.82, 2.24) is 0 Å². The Morgan fingerprint density at radius 1 is 1.11 bits per heavy atom. The van der Waals surface area contributed by atoms with Gasteiger partial charge in [-0.05, 0) is 69.5 Å². The molecule has 138 valence electrons. The van der Waals surface area contributed by atoms with Gasteiger partial charge in [-0.3, -0.25) is 4.79 Å². The molecule has 0 aromatic heterocycles. The molecule has 3 heteroatoms. The molecule has 2 aliphatic rings. The minimum Gasteiger partial charge on any atom is -0.463 e. The van der Waals surface area contributed by atoms with Crippen molar-refractivity contribution >= 4 is 34.0 Å². The van der Waals surface area contributed by atoms with E-state index in [1.165, 1.54) is 38.9 Å². The molecule has 0 amide bonds. The normalized spacial score (nSPS) is 23.4. The fourth-order valence-electron chi connectivity index (χ4n) is 4.59. The number of benzene rings is 3. The highest BCUT2D eigenvalue weighted by molar-refractivity contribution is 6.08. The molecule has 0 spiro atoms. The Bertz CT molecular complexity index is 1170. The van der Waals surface area contributed by atoms with Crippen molar-refractivity contribution < 1.29 is 9.53 Å². The van der Waals surface area contributed by atoms with Crippen LogP contribution < -0.4 is 0 Å². The van der Waals surface area contributed by atoms with Crippen LogP contribution in [0.3, 0.4) is 0 Å². The van der Waals surface area contributed by atoms with Gasteiger partial charge in [0.25, 0.3) is 5.72 Å². The summed E-state index contributed by atoms with van der Waals surface area (Å²) in [5.41, 5.74) is 2.21. The highest BCUT2D eigenvalue weighted by Crippen LogP contribution is 2.40. The molecule has 28 heavy (non-hydrogen) atoms. The molecule has 2 unspecified atom stereocenters. The summed E-state index contributed by atoms with van der Waals surface area (Å²) in [5, 5.41) is 5.10. The van der Waals surface area contributed by atoms with E-state index in [2.05, 4.69) is 60.1 Å². The number of aryl methyl sites for hydroxylation is 1. The van der Waals surface area contributed by atoms with Crippen molar-refractivity contribution in [2.24, 2.45) is 10.9 Å². The predicted molar refractivity (Wildman–Crippen MR) is 114 cm³/mol. The summed E-state index contributed by atoms with van der Waals surface area (Å²) < 4.78 is 5.62. The number of nitrogens with zero attached hydrogens (tertiary/aromatic N) is 1. The second kappa shape index (κ2) is 6.45. The van der Waals surface area contributed by atoms with Gasteiger partial charge in [-0.2, -0.15) is 0 Å².